The van der Waals surface area contributed by atoms with Crippen LogP contribution in [0.5, 0.6) is 0 Å². The Labute approximate surface area is 84.3 Å². The Morgan fingerprint density at radius 2 is 2.50 bits per heavy atom. The molecule has 0 amide bonds. The molecule has 74 valence electrons. The topological polar surface area (TPSA) is 41.6 Å². The second-order valence-electron chi connectivity index (χ2n) is 4.17. The Hall–Kier alpha value is -1.30. The second kappa shape index (κ2) is 3.83. The van der Waals surface area contributed by atoms with Gasteiger partial charge >= 0.3 is 0 Å². The predicted molar refractivity (Wildman–Crippen MR) is 53.4 cm³/mol. The van der Waals surface area contributed by atoms with Gasteiger partial charge in [-0.15, -0.1) is 0 Å². The Bertz CT molecular complexity index is 344. The molecule has 0 bridgehead atoms. The zero-order chi connectivity index (χ0) is 9.97. The van der Waals surface area contributed by atoms with Gasteiger partial charge in [-0.05, 0) is 31.2 Å². The fraction of sp³-hybridized carbons (Fsp3) is 0.636. The van der Waals surface area contributed by atoms with E-state index in [1.807, 2.05) is 24.0 Å². The lowest BCUT2D eigenvalue weighted by Gasteiger charge is -2.29. The van der Waals surface area contributed by atoms with E-state index in [4.69, 9.17) is 5.26 Å². The van der Waals surface area contributed by atoms with Crippen molar-refractivity contribution in [2.75, 3.05) is 0 Å². The molecule has 0 radical (unpaired) electrons. The highest BCUT2D eigenvalue weighted by atomic mass is 15.3. The first-order valence-corrected chi connectivity index (χ1v) is 5.18. The average Bonchev–Trinajstić information content (AvgIpc) is 2.47. The van der Waals surface area contributed by atoms with Crippen LogP contribution < -0.4 is 0 Å². The summed E-state index contributed by atoms with van der Waals surface area (Å²) in [5.41, 5.74) is 1.16. The molecule has 0 N–H and O–H groups in total. The fourth-order valence-electron chi connectivity index (χ4n) is 1.91. The van der Waals surface area contributed by atoms with Crippen molar-refractivity contribution in [1.29, 1.82) is 5.26 Å². The Balaban J connectivity index is 1.98. The molecule has 1 atom stereocenters. The van der Waals surface area contributed by atoms with Crippen LogP contribution in [0.2, 0.25) is 0 Å². The van der Waals surface area contributed by atoms with Crippen LogP contribution in [0, 0.1) is 30.1 Å². The Kier molecular flexibility index (Phi) is 2.53. The summed E-state index contributed by atoms with van der Waals surface area (Å²) in [6.45, 7) is 2.78. The molecule has 0 aromatic carbocycles. The number of rotatable bonds is 3. The molecule has 3 nitrogen and oxygen atoms in total. The van der Waals surface area contributed by atoms with Gasteiger partial charge in [-0.3, -0.25) is 4.68 Å². The summed E-state index contributed by atoms with van der Waals surface area (Å²) in [7, 11) is 0. The highest BCUT2D eigenvalue weighted by molar-refractivity contribution is 5.00. The van der Waals surface area contributed by atoms with Gasteiger partial charge in [0.25, 0.3) is 0 Å². The highest BCUT2D eigenvalue weighted by Gasteiger charge is 2.27. The second-order valence-corrected chi connectivity index (χ2v) is 4.17. The molecular formula is C11H15N3. The summed E-state index contributed by atoms with van der Waals surface area (Å²) >= 11 is 0. The van der Waals surface area contributed by atoms with Gasteiger partial charge in [-0.25, -0.2) is 0 Å². The van der Waals surface area contributed by atoms with Crippen LogP contribution in [-0.2, 0) is 6.54 Å². The lowest BCUT2D eigenvalue weighted by atomic mass is 9.76. The lowest BCUT2D eigenvalue weighted by molar-refractivity contribution is 0.224. The fourth-order valence-corrected chi connectivity index (χ4v) is 1.91. The van der Waals surface area contributed by atoms with Gasteiger partial charge in [-0.1, -0.05) is 6.42 Å². The zero-order valence-corrected chi connectivity index (χ0v) is 8.48. The number of aryl methyl sites for hydroxylation is 1. The molecule has 1 aromatic rings. The monoisotopic (exact) mass is 189 g/mol. The standard InChI is InChI=1S/C11H15N3/c1-9-6-13-14(7-9)8-11(5-12)10-3-2-4-10/h6-7,10-11H,2-4,8H2,1H3. The van der Waals surface area contributed by atoms with E-state index in [0.717, 1.165) is 12.1 Å². The number of nitrogens with zero attached hydrogens (tertiary/aromatic N) is 3. The maximum Gasteiger partial charge on any atom is 0.0687 e. The molecule has 3 heteroatoms. The quantitative estimate of drug-likeness (QED) is 0.731. The summed E-state index contributed by atoms with van der Waals surface area (Å²) in [4.78, 5) is 0. The van der Waals surface area contributed by atoms with E-state index in [9.17, 15) is 0 Å². The van der Waals surface area contributed by atoms with Gasteiger partial charge < -0.3 is 0 Å². The lowest BCUT2D eigenvalue weighted by Crippen LogP contribution is -2.24. The van der Waals surface area contributed by atoms with Crippen molar-refractivity contribution in [2.24, 2.45) is 11.8 Å². The number of nitriles is 1. The smallest absolute Gasteiger partial charge is 0.0687 e. The van der Waals surface area contributed by atoms with Crippen molar-refractivity contribution in [2.45, 2.75) is 32.7 Å². The predicted octanol–water partition coefficient (Wildman–Crippen LogP) is 2.13. The summed E-state index contributed by atoms with van der Waals surface area (Å²) < 4.78 is 1.89. The largest absolute Gasteiger partial charge is 0.271 e. The van der Waals surface area contributed by atoms with Gasteiger partial charge in [-0.2, -0.15) is 10.4 Å². The van der Waals surface area contributed by atoms with E-state index < -0.39 is 0 Å². The molecular weight excluding hydrogens is 174 g/mol. The first-order valence-electron chi connectivity index (χ1n) is 5.18. The summed E-state index contributed by atoms with van der Waals surface area (Å²) in [5.74, 6) is 0.771. The van der Waals surface area contributed by atoms with Crippen molar-refractivity contribution < 1.29 is 0 Å². The average molecular weight is 189 g/mol. The number of hydrogen-bond acceptors (Lipinski definition) is 2. The molecule has 14 heavy (non-hydrogen) atoms. The molecule has 0 aliphatic heterocycles. The molecule has 1 aromatic heterocycles. The van der Waals surface area contributed by atoms with Crippen molar-refractivity contribution in [3.05, 3.63) is 18.0 Å². The van der Waals surface area contributed by atoms with Crippen LogP contribution in [-0.4, -0.2) is 9.78 Å². The van der Waals surface area contributed by atoms with Crippen LogP contribution >= 0.6 is 0 Å². The maximum absolute atomic E-state index is 9.04. The van der Waals surface area contributed by atoms with Crippen molar-refractivity contribution in [3.8, 4) is 6.07 Å². The van der Waals surface area contributed by atoms with E-state index in [1.54, 1.807) is 0 Å². The molecule has 2 rings (SSSR count). The minimum Gasteiger partial charge on any atom is -0.271 e. The SMILES string of the molecule is Cc1cnn(CC(C#N)C2CCC2)c1. The Morgan fingerprint density at radius 3 is 2.93 bits per heavy atom. The third kappa shape index (κ3) is 1.79. The van der Waals surface area contributed by atoms with Crippen molar-refractivity contribution in [1.82, 2.24) is 9.78 Å². The summed E-state index contributed by atoms with van der Waals surface area (Å²) in [6, 6.07) is 2.40. The first-order chi connectivity index (χ1) is 6.79. The molecule has 1 aliphatic carbocycles. The minimum absolute atomic E-state index is 0.156. The highest BCUT2D eigenvalue weighted by Crippen LogP contribution is 2.33. The molecule has 0 spiro atoms. The van der Waals surface area contributed by atoms with Gasteiger partial charge in [0.2, 0.25) is 0 Å². The third-order valence-electron chi connectivity index (χ3n) is 3.03. The van der Waals surface area contributed by atoms with Gasteiger partial charge in [0.15, 0.2) is 0 Å². The van der Waals surface area contributed by atoms with Crippen LogP contribution in [0.1, 0.15) is 24.8 Å². The van der Waals surface area contributed by atoms with E-state index in [2.05, 4.69) is 11.2 Å². The van der Waals surface area contributed by atoms with E-state index in [0.29, 0.717) is 5.92 Å². The molecule has 1 fully saturated rings. The van der Waals surface area contributed by atoms with Crippen LogP contribution in [0.4, 0.5) is 0 Å². The van der Waals surface area contributed by atoms with E-state index in [-0.39, 0.29) is 5.92 Å². The normalized spacial score (nSPS) is 18.6. The van der Waals surface area contributed by atoms with Crippen molar-refractivity contribution >= 4 is 0 Å². The molecule has 1 heterocycles. The molecule has 1 saturated carbocycles. The van der Waals surface area contributed by atoms with Gasteiger partial charge in [0, 0.05) is 6.20 Å². The van der Waals surface area contributed by atoms with E-state index >= 15 is 0 Å². The van der Waals surface area contributed by atoms with Crippen molar-refractivity contribution in [3.63, 3.8) is 0 Å². The molecule has 1 unspecified atom stereocenters. The maximum atomic E-state index is 9.04. The van der Waals surface area contributed by atoms with Gasteiger partial charge in [0.05, 0.1) is 24.7 Å². The molecule has 0 saturated heterocycles. The summed E-state index contributed by atoms with van der Waals surface area (Å²) in [6.07, 6.45) is 7.58. The first kappa shape index (κ1) is 9.26. The van der Waals surface area contributed by atoms with Gasteiger partial charge in [0.1, 0.15) is 0 Å². The summed E-state index contributed by atoms with van der Waals surface area (Å²) in [5, 5.41) is 13.2. The van der Waals surface area contributed by atoms with Crippen LogP contribution in [0.25, 0.3) is 0 Å². The van der Waals surface area contributed by atoms with Crippen LogP contribution in [0.15, 0.2) is 12.4 Å². The third-order valence-corrected chi connectivity index (χ3v) is 3.03. The van der Waals surface area contributed by atoms with Crippen LogP contribution in [0.3, 0.4) is 0 Å². The zero-order valence-electron chi connectivity index (χ0n) is 8.48. The Morgan fingerprint density at radius 1 is 1.71 bits per heavy atom. The minimum atomic E-state index is 0.156. The number of aromatic nitrogens is 2. The number of hydrogen-bond donors (Lipinski definition) is 0. The molecule has 1 aliphatic rings. The van der Waals surface area contributed by atoms with E-state index in [1.165, 1.54) is 19.3 Å².